The minimum Gasteiger partial charge on any atom is -0.300 e. The van der Waals surface area contributed by atoms with Crippen LogP contribution in [0.5, 0.6) is 0 Å². The number of fused-ring (bicyclic) bond motifs is 1. The topological polar surface area (TPSA) is 46.9 Å². The number of benzene rings is 1. The monoisotopic (exact) mass is 293 g/mol. The number of carbonyl (C=O) groups excluding carboxylic acids is 1. The summed E-state index contributed by atoms with van der Waals surface area (Å²) in [6, 6.07) is 8.65. The largest absolute Gasteiger partial charge is 0.301 e. The third-order valence-corrected chi connectivity index (χ3v) is 4.08. The molecule has 0 bridgehead atoms. The number of rotatable bonds is 2. The second-order valence-electron chi connectivity index (χ2n) is 5.56. The highest BCUT2D eigenvalue weighted by atomic mass is 16.1. The maximum absolute atomic E-state index is 11.8. The Bertz CT molecular complexity index is 764. The summed E-state index contributed by atoms with van der Waals surface area (Å²) >= 11 is 0. The quantitative estimate of drug-likeness (QED) is 0.865. The lowest BCUT2D eigenvalue weighted by Crippen LogP contribution is -2.22. The fourth-order valence-electron chi connectivity index (χ4n) is 3.08. The number of amides is 1. The Balaban J connectivity index is 1.99. The summed E-state index contributed by atoms with van der Waals surface area (Å²) in [4.78, 5) is 11.8. The zero-order chi connectivity index (χ0) is 15.5. The van der Waals surface area contributed by atoms with Crippen molar-refractivity contribution in [2.75, 3.05) is 5.32 Å². The van der Waals surface area contributed by atoms with Gasteiger partial charge in [0, 0.05) is 5.56 Å². The predicted octanol–water partition coefficient (Wildman–Crippen LogP) is 3.08. The number of aromatic nitrogens is 2. The van der Waals surface area contributed by atoms with Crippen LogP contribution in [0.25, 0.3) is 0 Å². The molecule has 0 aliphatic heterocycles. The van der Waals surface area contributed by atoms with E-state index < -0.39 is 0 Å². The summed E-state index contributed by atoms with van der Waals surface area (Å²) in [5.41, 5.74) is 3.63. The van der Waals surface area contributed by atoms with Gasteiger partial charge in [0.2, 0.25) is 0 Å². The normalized spacial score (nSPS) is 16.4. The zero-order valence-electron chi connectivity index (χ0n) is 12.9. The predicted molar refractivity (Wildman–Crippen MR) is 86.6 cm³/mol. The first-order valence-corrected chi connectivity index (χ1v) is 7.56. The first-order chi connectivity index (χ1) is 10.7. The summed E-state index contributed by atoms with van der Waals surface area (Å²) in [7, 11) is 0. The highest BCUT2D eigenvalue weighted by Crippen LogP contribution is 2.34. The molecule has 0 fully saturated rings. The van der Waals surface area contributed by atoms with Gasteiger partial charge in [0.25, 0.3) is 0 Å². The van der Waals surface area contributed by atoms with Gasteiger partial charge in [0.15, 0.2) is 0 Å². The molecule has 112 valence electrons. The Morgan fingerprint density at radius 2 is 2.23 bits per heavy atom. The van der Waals surface area contributed by atoms with E-state index in [2.05, 4.69) is 46.5 Å². The Kier molecular flexibility index (Phi) is 3.97. The first kappa shape index (κ1) is 14.4. The van der Waals surface area contributed by atoms with Crippen molar-refractivity contribution >= 4 is 11.7 Å². The molecule has 22 heavy (non-hydrogen) atoms. The second kappa shape index (κ2) is 6.07. The highest BCUT2D eigenvalue weighted by Gasteiger charge is 2.25. The average molecular weight is 293 g/mol. The Morgan fingerprint density at radius 1 is 1.41 bits per heavy atom. The fraction of sp³-hybridized carbons (Fsp3) is 0.333. The molecule has 0 saturated heterocycles. The highest BCUT2D eigenvalue weighted by molar-refractivity contribution is 6.03. The Morgan fingerprint density at radius 3 is 3.05 bits per heavy atom. The summed E-state index contributed by atoms with van der Waals surface area (Å²) < 4.78 is 1.93. The zero-order valence-corrected chi connectivity index (χ0v) is 12.9. The van der Waals surface area contributed by atoms with Crippen LogP contribution in [0.15, 0.2) is 30.5 Å². The fourth-order valence-corrected chi connectivity index (χ4v) is 3.08. The van der Waals surface area contributed by atoms with Gasteiger partial charge in [0.05, 0.1) is 12.2 Å². The molecule has 1 amide bonds. The van der Waals surface area contributed by atoms with Crippen molar-refractivity contribution in [1.82, 2.24) is 9.78 Å². The number of anilines is 1. The van der Waals surface area contributed by atoms with E-state index in [1.54, 1.807) is 13.1 Å². The molecule has 0 saturated carbocycles. The summed E-state index contributed by atoms with van der Waals surface area (Å²) in [6.45, 7) is 3.61. The van der Waals surface area contributed by atoms with Gasteiger partial charge in [-0.3, -0.25) is 10.1 Å². The smallest absolute Gasteiger partial charge is 0.300 e. The van der Waals surface area contributed by atoms with Crippen LogP contribution in [-0.2, 0) is 11.2 Å². The Labute approximate surface area is 130 Å². The third kappa shape index (κ3) is 2.62. The molecule has 3 rings (SSSR count). The van der Waals surface area contributed by atoms with Crippen molar-refractivity contribution in [2.24, 2.45) is 0 Å². The molecule has 0 spiro atoms. The van der Waals surface area contributed by atoms with Gasteiger partial charge in [-0.2, -0.15) is 5.10 Å². The molecule has 1 heterocycles. The van der Waals surface area contributed by atoms with E-state index in [-0.39, 0.29) is 11.9 Å². The molecule has 1 aliphatic carbocycles. The van der Waals surface area contributed by atoms with Crippen molar-refractivity contribution in [3.05, 3.63) is 47.2 Å². The maximum atomic E-state index is 11.8. The number of aryl methyl sites for hydroxylation is 2. The third-order valence-electron chi connectivity index (χ3n) is 4.08. The van der Waals surface area contributed by atoms with Crippen molar-refractivity contribution in [3.8, 4) is 11.8 Å². The Hall–Kier alpha value is -2.54. The van der Waals surface area contributed by atoms with Crippen LogP contribution in [0.2, 0.25) is 0 Å². The minimum absolute atomic E-state index is 0.170. The molecular formula is C18H19N3O. The van der Waals surface area contributed by atoms with E-state index in [4.69, 9.17) is 0 Å². The standard InChI is InChI=1S/C18H19N3O/c1-3-7-17(22)20-18-13(2)12-19-21(18)16-11-6-9-14-8-4-5-10-15(14)16/h4-5,8,10,12,16H,6,9,11H2,1-2H3,(H,20,22). The molecule has 4 heteroatoms. The molecule has 4 nitrogen and oxygen atoms in total. The van der Waals surface area contributed by atoms with Crippen molar-refractivity contribution in [2.45, 2.75) is 39.2 Å². The number of hydrogen-bond acceptors (Lipinski definition) is 2. The lowest BCUT2D eigenvalue weighted by molar-refractivity contribution is -0.111. The van der Waals surface area contributed by atoms with Gasteiger partial charge in [-0.15, -0.1) is 0 Å². The molecular weight excluding hydrogens is 274 g/mol. The van der Waals surface area contributed by atoms with E-state index in [0.29, 0.717) is 0 Å². The van der Waals surface area contributed by atoms with E-state index in [1.165, 1.54) is 11.1 Å². The van der Waals surface area contributed by atoms with E-state index in [0.717, 1.165) is 30.6 Å². The van der Waals surface area contributed by atoms with Crippen LogP contribution in [0.1, 0.15) is 42.5 Å². The maximum Gasteiger partial charge on any atom is 0.301 e. The van der Waals surface area contributed by atoms with Crippen LogP contribution in [-0.4, -0.2) is 15.7 Å². The number of nitrogens with one attached hydrogen (secondary N) is 1. The van der Waals surface area contributed by atoms with Crippen LogP contribution in [0.3, 0.4) is 0 Å². The van der Waals surface area contributed by atoms with Crippen molar-refractivity contribution in [1.29, 1.82) is 0 Å². The van der Waals surface area contributed by atoms with Crippen LogP contribution >= 0.6 is 0 Å². The van der Waals surface area contributed by atoms with Gasteiger partial charge in [0.1, 0.15) is 5.82 Å². The molecule has 1 atom stereocenters. The van der Waals surface area contributed by atoms with E-state index in [9.17, 15) is 4.79 Å². The van der Waals surface area contributed by atoms with Crippen LogP contribution in [0.4, 0.5) is 5.82 Å². The van der Waals surface area contributed by atoms with Crippen molar-refractivity contribution in [3.63, 3.8) is 0 Å². The number of hydrogen-bond donors (Lipinski definition) is 1. The van der Waals surface area contributed by atoms with Crippen LogP contribution in [0, 0.1) is 18.8 Å². The SMILES string of the molecule is CC#CC(=O)Nc1c(C)cnn1C1CCCc2ccccc21. The van der Waals surface area contributed by atoms with Crippen molar-refractivity contribution < 1.29 is 4.79 Å². The summed E-state index contributed by atoms with van der Waals surface area (Å²) in [5, 5.41) is 7.38. The lowest BCUT2D eigenvalue weighted by Gasteiger charge is -2.27. The first-order valence-electron chi connectivity index (χ1n) is 7.56. The molecule has 1 unspecified atom stereocenters. The molecule has 1 aromatic heterocycles. The van der Waals surface area contributed by atoms with E-state index >= 15 is 0 Å². The minimum atomic E-state index is -0.295. The second-order valence-corrected chi connectivity index (χ2v) is 5.56. The number of carbonyl (C=O) groups is 1. The molecule has 1 N–H and O–H groups in total. The molecule has 0 radical (unpaired) electrons. The number of nitrogens with zero attached hydrogens (tertiary/aromatic N) is 2. The average Bonchev–Trinajstić information content (AvgIpc) is 2.88. The van der Waals surface area contributed by atoms with Gasteiger partial charge in [-0.05, 0) is 50.2 Å². The summed E-state index contributed by atoms with van der Waals surface area (Å²) in [5.74, 6) is 5.59. The molecule has 1 aliphatic rings. The van der Waals surface area contributed by atoms with Crippen LogP contribution < -0.4 is 5.32 Å². The summed E-state index contributed by atoms with van der Waals surface area (Å²) in [6.07, 6.45) is 5.06. The lowest BCUT2D eigenvalue weighted by atomic mass is 9.88. The van der Waals surface area contributed by atoms with E-state index in [1.807, 2.05) is 11.6 Å². The molecule has 1 aromatic carbocycles. The van der Waals surface area contributed by atoms with Gasteiger partial charge < -0.3 is 0 Å². The van der Waals surface area contributed by atoms with Gasteiger partial charge in [-0.1, -0.05) is 30.2 Å². The van der Waals surface area contributed by atoms with Gasteiger partial charge in [-0.25, -0.2) is 4.68 Å². The van der Waals surface area contributed by atoms with Gasteiger partial charge >= 0.3 is 5.91 Å². The molecule has 2 aromatic rings.